The summed E-state index contributed by atoms with van der Waals surface area (Å²) in [6, 6.07) is 0. The first-order valence-corrected chi connectivity index (χ1v) is 4.10. The van der Waals surface area contributed by atoms with Crippen LogP contribution >= 0.6 is 0 Å². The van der Waals surface area contributed by atoms with Gasteiger partial charge in [-0.1, -0.05) is 13.8 Å². The molecule has 0 amide bonds. The van der Waals surface area contributed by atoms with E-state index >= 15 is 0 Å². The van der Waals surface area contributed by atoms with E-state index in [2.05, 4.69) is 13.8 Å². The molecular formula is C9H12O2. The maximum absolute atomic E-state index is 11.2. The molecule has 3 aliphatic carbocycles. The fourth-order valence-electron chi connectivity index (χ4n) is 2.33. The van der Waals surface area contributed by atoms with Gasteiger partial charge >= 0.3 is 0 Å². The zero-order valence-electron chi connectivity index (χ0n) is 6.89. The van der Waals surface area contributed by atoms with Gasteiger partial charge in [0.05, 0.1) is 0 Å². The predicted octanol–water partition coefficient (Wildman–Crippen LogP) is 1.19. The predicted molar refractivity (Wildman–Crippen MR) is 40.0 cm³/mol. The Morgan fingerprint density at radius 2 is 2.00 bits per heavy atom. The van der Waals surface area contributed by atoms with Crippen LogP contribution in [-0.2, 0) is 9.59 Å². The van der Waals surface area contributed by atoms with Gasteiger partial charge in [-0.2, -0.15) is 0 Å². The van der Waals surface area contributed by atoms with Crippen LogP contribution in [0.15, 0.2) is 0 Å². The molecule has 3 saturated carbocycles. The van der Waals surface area contributed by atoms with Crippen LogP contribution in [-0.4, -0.2) is 11.6 Å². The highest BCUT2D eigenvalue weighted by Crippen LogP contribution is 2.56. The Hall–Kier alpha value is -0.660. The molecule has 2 bridgehead atoms. The van der Waals surface area contributed by atoms with Crippen molar-refractivity contribution in [2.75, 3.05) is 0 Å². The average molecular weight is 152 g/mol. The Bertz CT molecular complexity index is 240. The van der Waals surface area contributed by atoms with Gasteiger partial charge in [0.25, 0.3) is 0 Å². The van der Waals surface area contributed by atoms with Crippen LogP contribution in [0.2, 0.25) is 0 Å². The average Bonchev–Trinajstić information content (AvgIpc) is 1.93. The van der Waals surface area contributed by atoms with Crippen molar-refractivity contribution in [3.05, 3.63) is 0 Å². The second-order valence-electron chi connectivity index (χ2n) is 4.30. The van der Waals surface area contributed by atoms with Gasteiger partial charge in [-0.15, -0.1) is 0 Å². The van der Waals surface area contributed by atoms with Crippen LogP contribution < -0.4 is 0 Å². The van der Waals surface area contributed by atoms with Crippen LogP contribution in [0.3, 0.4) is 0 Å². The van der Waals surface area contributed by atoms with E-state index in [0.717, 1.165) is 6.42 Å². The van der Waals surface area contributed by atoms with Gasteiger partial charge < -0.3 is 0 Å². The van der Waals surface area contributed by atoms with Crippen molar-refractivity contribution in [3.63, 3.8) is 0 Å². The van der Waals surface area contributed by atoms with Gasteiger partial charge in [-0.3, -0.25) is 9.59 Å². The monoisotopic (exact) mass is 152 g/mol. The largest absolute Gasteiger partial charge is 0.291 e. The molecule has 0 aromatic carbocycles. The summed E-state index contributed by atoms with van der Waals surface area (Å²) in [5.74, 6) is 0.287. The second-order valence-corrected chi connectivity index (χ2v) is 4.30. The second kappa shape index (κ2) is 1.74. The quantitative estimate of drug-likeness (QED) is 0.488. The lowest BCUT2D eigenvalue weighted by Gasteiger charge is -2.54. The maximum Gasteiger partial charge on any atom is 0.202 e. The minimum absolute atomic E-state index is 0.0498. The highest BCUT2D eigenvalue weighted by molar-refractivity contribution is 6.39. The van der Waals surface area contributed by atoms with Crippen molar-refractivity contribution in [2.24, 2.45) is 17.3 Å². The summed E-state index contributed by atoms with van der Waals surface area (Å²) in [6.45, 7) is 4.19. The van der Waals surface area contributed by atoms with E-state index in [0.29, 0.717) is 12.3 Å². The fraction of sp³-hybridized carbons (Fsp3) is 0.778. The third-order valence-corrected chi connectivity index (χ3v) is 3.49. The van der Waals surface area contributed by atoms with Gasteiger partial charge in [-0.25, -0.2) is 0 Å². The number of hydrogen-bond donors (Lipinski definition) is 0. The normalized spacial score (nSPS) is 40.2. The Balaban J connectivity index is 2.30. The van der Waals surface area contributed by atoms with E-state index in [-0.39, 0.29) is 22.9 Å². The molecule has 0 unspecified atom stereocenters. The highest BCUT2D eigenvalue weighted by Gasteiger charge is 2.57. The standard InChI is InChI=1S/C9H12O2/c1-9(2)5-3-6(9)8(11)7(10)4-5/h5-6H,3-4H2,1-2H3/t5-,6+/m1/s1. The van der Waals surface area contributed by atoms with Crippen molar-refractivity contribution in [1.82, 2.24) is 0 Å². The molecular weight excluding hydrogens is 140 g/mol. The molecule has 2 atom stereocenters. The smallest absolute Gasteiger partial charge is 0.202 e. The summed E-state index contributed by atoms with van der Waals surface area (Å²) in [5, 5.41) is 0. The Morgan fingerprint density at radius 3 is 2.36 bits per heavy atom. The Kier molecular flexibility index (Phi) is 1.11. The molecule has 3 fully saturated rings. The molecule has 0 aromatic heterocycles. The summed E-state index contributed by atoms with van der Waals surface area (Å²) >= 11 is 0. The zero-order chi connectivity index (χ0) is 8.22. The number of hydrogen-bond acceptors (Lipinski definition) is 2. The van der Waals surface area contributed by atoms with E-state index in [1.54, 1.807) is 0 Å². The lowest BCUT2D eigenvalue weighted by molar-refractivity contribution is -0.160. The van der Waals surface area contributed by atoms with E-state index < -0.39 is 0 Å². The lowest BCUT2D eigenvalue weighted by atomic mass is 9.48. The minimum atomic E-state index is -0.134. The molecule has 3 aliphatic rings. The SMILES string of the molecule is CC1(C)[C@H]2CC(=O)C(=O)[C@@H]1C2. The number of rotatable bonds is 0. The van der Waals surface area contributed by atoms with Gasteiger partial charge in [-0.05, 0) is 17.8 Å². The Labute approximate surface area is 66.0 Å². The van der Waals surface area contributed by atoms with Crippen molar-refractivity contribution < 1.29 is 9.59 Å². The van der Waals surface area contributed by atoms with Crippen LogP contribution in [0.4, 0.5) is 0 Å². The summed E-state index contributed by atoms with van der Waals surface area (Å²) in [6.07, 6.45) is 1.46. The topological polar surface area (TPSA) is 34.1 Å². The summed E-state index contributed by atoms with van der Waals surface area (Å²) in [5.41, 5.74) is 0.116. The fourth-order valence-corrected chi connectivity index (χ4v) is 2.33. The molecule has 0 radical (unpaired) electrons. The molecule has 3 rings (SSSR count). The number of fused-ring (bicyclic) bond motifs is 2. The Morgan fingerprint density at radius 1 is 1.36 bits per heavy atom. The van der Waals surface area contributed by atoms with Crippen molar-refractivity contribution in [3.8, 4) is 0 Å². The van der Waals surface area contributed by atoms with Crippen molar-refractivity contribution in [2.45, 2.75) is 26.7 Å². The van der Waals surface area contributed by atoms with E-state index in [4.69, 9.17) is 0 Å². The van der Waals surface area contributed by atoms with Gasteiger partial charge in [0.2, 0.25) is 5.78 Å². The van der Waals surface area contributed by atoms with Crippen molar-refractivity contribution in [1.29, 1.82) is 0 Å². The zero-order valence-corrected chi connectivity index (χ0v) is 6.89. The molecule has 0 aliphatic heterocycles. The van der Waals surface area contributed by atoms with Crippen LogP contribution in [0, 0.1) is 17.3 Å². The number of carbonyl (C=O) groups excluding carboxylic acids is 2. The maximum atomic E-state index is 11.2. The van der Waals surface area contributed by atoms with Crippen LogP contribution in [0.1, 0.15) is 26.7 Å². The van der Waals surface area contributed by atoms with Gasteiger partial charge in [0.1, 0.15) is 0 Å². The minimum Gasteiger partial charge on any atom is -0.291 e. The summed E-state index contributed by atoms with van der Waals surface area (Å²) in [7, 11) is 0. The van der Waals surface area contributed by atoms with E-state index in [1.165, 1.54) is 0 Å². The first-order valence-electron chi connectivity index (χ1n) is 4.10. The number of ketones is 2. The molecule has 0 N–H and O–H groups in total. The first-order chi connectivity index (χ1) is 5.03. The molecule has 0 saturated heterocycles. The van der Waals surface area contributed by atoms with Crippen LogP contribution in [0.5, 0.6) is 0 Å². The molecule has 2 nitrogen and oxygen atoms in total. The summed E-state index contributed by atoms with van der Waals surface area (Å²) in [4.78, 5) is 22.2. The molecule has 60 valence electrons. The first kappa shape index (κ1) is 7.01. The van der Waals surface area contributed by atoms with Crippen molar-refractivity contribution >= 4 is 11.6 Å². The third kappa shape index (κ3) is 0.673. The number of carbonyl (C=O) groups is 2. The van der Waals surface area contributed by atoms with Gasteiger partial charge in [0.15, 0.2) is 5.78 Å². The van der Waals surface area contributed by atoms with E-state index in [1.807, 2.05) is 0 Å². The van der Waals surface area contributed by atoms with Gasteiger partial charge in [0, 0.05) is 12.3 Å². The molecule has 2 heteroatoms. The number of Topliss-reactive ketones (excluding diaryl/α,β-unsaturated/α-hetero) is 2. The summed E-state index contributed by atoms with van der Waals surface area (Å²) < 4.78 is 0. The molecule has 0 aromatic rings. The van der Waals surface area contributed by atoms with Crippen LogP contribution in [0.25, 0.3) is 0 Å². The molecule has 11 heavy (non-hydrogen) atoms. The van der Waals surface area contributed by atoms with E-state index in [9.17, 15) is 9.59 Å². The molecule has 0 spiro atoms. The lowest BCUT2D eigenvalue weighted by Crippen LogP contribution is -2.56. The third-order valence-electron chi connectivity index (χ3n) is 3.49. The molecule has 0 heterocycles. The highest BCUT2D eigenvalue weighted by atomic mass is 16.2.